The molecule has 0 radical (unpaired) electrons. The molecular formula is C22H28. The fraction of sp³-hybridized carbons (Fsp3) is 0.364. The van der Waals surface area contributed by atoms with Gasteiger partial charge in [-0.05, 0) is 40.0 Å². The standard InChI is InChI=1S/C22H28/c1-16(2)20-9-6-8-19(14-20)13-12-18(5)22-11-7-10-21(15-22)17(3)4/h6-18H,1-5H3. The summed E-state index contributed by atoms with van der Waals surface area (Å²) in [5, 5.41) is 0. The Morgan fingerprint density at radius 2 is 1.23 bits per heavy atom. The van der Waals surface area contributed by atoms with E-state index in [0.29, 0.717) is 17.8 Å². The van der Waals surface area contributed by atoms with Crippen molar-refractivity contribution in [1.29, 1.82) is 0 Å². The molecule has 2 rings (SSSR count). The normalized spacial score (nSPS) is 13.2. The van der Waals surface area contributed by atoms with Crippen LogP contribution in [0, 0.1) is 0 Å². The maximum atomic E-state index is 2.34. The number of hydrogen-bond acceptors (Lipinski definition) is 0. The van der Waals surface area contributed by atoms with Gasteiger partial charge in [0.2, 0.25) is 0 Å². The van der Waals surface area contributed by atoms with Crippen molar-refractivity contribution in [3.05, 3.63) is 76.9 Å². The van der Waals surface area contributed by atoms with Crippen molar-refractivity contribution in [3.8, 4) is 0 Å². The van der Waals surface area contributed by atoms with Gasteiger partial charge in [-0.1, -0.05) is 95.3 Å². The molecule has 0 spiro atoms. The number of benzene rings is 2. The van der Waals surface area contributed by atoms with Crippen molar-refractivity contribution >= 4 is 6.08 Å². The van der Waals surface area contributed by atoms with Crippen molar-refractivity contribution in [3.63, 3.8) is 0 Å². The van der Waals surface area contributed by atoms with Gasteiger partial charge in [-0.15, -0.1) is 0 Å². The summed E-state index contributed by atoms with van der Waals surface area (Å²) in [6.45, 7) is 11.2. The molecule has 0 fully saturated rings. The molecule has 0 aliphatic heterocycles. The smallest absolute Gasteiger partial charge is 0.000701 e. The first-order valence-corrected chi connectivity index (χ1v) is 8.35. The fourth-order valence-electron chi connectivity index (χ4n) is 2.59. The van der Waals surface area contributed by atoms with E-state index in [1.54, 1.807) is 0 Å². The van der Waals surface area contributed by atoms with Crippen LogP contribution in [-0.4, -0.2) is 0 Å². The lowest BCUT2D eigenvalue weighted by molar-refractivity contribution is 0.856. The zero-order chi connectivity index (χ0) is 16.1. The Bertz CT molecular complexity index is 632. The molecule has 0 bridgehead atoms. The van der Waals surface area contributed by atoms with Crippen LogP contribution in [-0.2, 0) is 0 Å². The molecule has 0 saturated carbocycles. The van der Waals surface area contributed by atoms with Crippen molar-refractivity contribution < 1.29 is 0 Å². The van der Waals surface area contributed by atoms with Crippen molar-refractivity contribution in [2.24, 2.45) is 0 Å². The van der Waals surface area contributed by atoms with Crippen molar-refractivity contribution in [2.45, 2.75) is 52.4 Å². The summed E-state index contributed by atoms with van der Waals surface area (Å²) in [5.74, 6) is 1.59. The minimum absolute atomic E-state index is 0.432. The molecule has 0 nitrogen and oxygen atoms in total. The van der Waals surface area contributed by atoms with Gasteiger partial charge in [0.05, 0.1) is 0 Å². The predicted molar refractivity (Wildman–Crippen MR) is 98.5 cm³/mol. The zero-order valence-electron chi connectivity index (χ0n) is 14.5. The third-order valence-corrected chi connectivity index (χ3v) is 4.26. The number of rotatable bonds is 5. The predicted octanol–water partition coefficient (Wildman–Crippen LogP) is 6.75. The highest BCUT2D eigenvalue weighted by atomic mass is 14.1. The minimum atomic E-state index is 0.432. The van der Waals surface area contributed by atoms with E-state index in [1.165, 1.54) is 22.3 Å². The molecule has 0 saturated heterocycles. The lowest BCUT2D eigenvalue weighted by Gasteiger charge is -2.11. The largest absolute Gasteiger partial charge is 0.0767 e. The monoisotopic (exact) mass is 292 g/mol. The van der Waals surface area contributed by atoms with Gasteiger partial charge in [0.1, 0.15) is 0 Å². The Kier molecular flexibility index (Phi) is 5.60. The molecule has 0 heteroatoms. The molecule has 1 unspecified atom stereocenters. The van der Waals surface area contributed by atoms with E-state index in [-0.39, 0.29) is 0 Å². The molecular weight excluding hydrogens is 264 g/mol. The van der Waals surface area contributed by atoms with Crippen LogP contribution in [0.4, 0.5) is 0 Å². The number of hydrogen-bond donors (Lipinski definition) is 0. The highest BCUT2D eigenvalue weighted by Gasteiger charge is 2.05. The van der Waals surface area contributed by atoms with Crippen molar-refractivity contribution in [1.82, 2.24) is 0 Å². The minimum Gasteiger partial charge on any atom is -0.0767 e. The molecule has 0 aliphatic rings. The van der Waals surface area contributed by atoms with Crippen LogP contribution < -0.4 is 0 Å². The topological polar surface area (TPSA) is 0 Å². The van der Waals surface area contributed by atoms with Crippen LogP contribution in [0.5, 0.6) is 0 Å². The second-order valence-corrected chi connectivity index (χ2v) is 6.80. The summed E-state index contributed by atoms with van der Waals surface area (Å²) in [4.78, 5) is 0. The van der Waals surface area contributed by atoms with Crippen molar-refractivity contribution in [2.75, 3.05) is 0 Å². The number of allylic oxidation sites excluding steroid dienone is 1. The van der Waals surface area contributed by atoms with E-state index in [9.17, 15) is 0 Å². The van der Waals surface area contributed by atoms with Gasteiger partial charge in [-0.2, -0.15) is 0 Å². The third-order valence-electron chi connectivity index (χ3n) is 4.26. The summed E-state index contributed by atoms with van der Waals surface area (Å²) in [7, 11) is 0. The van der Waals surface area contributed by atoms with E-state index >= 15 is 0 Å². The summed E-state index contributed by atoms with van der Waals surface area (Å²) < 4.78 is 0. The molecule has 2 aromatic carbocycles. The first kappa shape index (κ1) is 16.5. The highest BCUT2D eigenvalue weighted by Crippen LogP contribution is 2.23. The van der Waals surface area contributed by atoms with E-state index < -0.39 is 0 Å². The van der Waals surface area contributed by atoms with Crippen LogP contribution in [0.25, 0.3) is 6.08 Å². The molecule has 0 amide bonds. The highest BCUT2D eigenvalue weighted by molar-refractivity contribution is 5.52. The first-order chi connectivity index (χ1) is 10.5. The third kappa shape index (κ3) is 4.34. The van der Waals surface area contributed by atoms with Crippen LogP contribution in [0.2, 0.25) is 0 Å². The van der Waals surface area contributed by atoms with Gasteiger partial charge in [-0.25, -0.2) is 0 Å². The average Bonchev–Trinajstić information content (AvgIpc) is 2.53. The Hall–Kier alpha value is -1.82. The average molecular weight is 292 g/mol. The summed E-state index contributed by atoms with van der Waals surface area (Å²) in [6, 6.07) is 17.8. The second kappa shape index (κ2) is 7.45. The van der Waals surface area contributed by atoms with E-state index in [0.717, 1.165) is 0 Å². The summed E-state index contributed by atoms with van der Waals surface area (Å²) >= 11 is 0. The molecule has 0 heterocycles. The van der Waals surface area contributed by atoms with Crippen LogP contribution >= 0.6 is 0 Å². The lowest BCUT2D eigenvalue weighted by atomic mass is 9.94. The Balaban J connectivity index is 2.16. The van der Waals surface area contributed by atoms with Gasteiger partial charge in [0.25, 0.3) is 0 Å². The lowest BCUT2D eigenvalue weighted by Crippen LogP contribution is -1.93. The maximum Gasteiger partial charge on any atom is -0.000701 e. The zero-order valence-corrected chi connectivity index (χ0v) is 14.5. The fourth-order valence-corrected chi connectivity index (χ4v) is 2.59. The van der Waals surface area contributed by atoms with Gasteiger partial charge in [0, 0.05) is 0 Å². The van der Waals surface area contributed by atoms with E-state index in [2.05, 4.69) is 95.3 Å². The Labute approximate surface area is 135 Å². The molecule has 1 atom stereocenters. The SMILES string of the molecule is CC(C)c1cccc(C=CC(C)c2cccc(C(C)C)c2)c1. The van der Waals surface area contributed by atoms with Crippen LogP contribution in [0.1, 0.15) is 74.6 Å². The van der Waals surface area contributed by atoms with E-state index in [4.69, 9.17) is 0 Å². The molecule has 0 aromatic heterocycles. The molecule has 116 valence electrons. The van der Waals surface area contributed by atoms with Gasteiger partial charge < -0.3 is 0 Å². The van der Waals surface area contributed by atoms with Gasteiger partial charge in [0.15, 0.2) is 0 Å². The van der Waals surface area contributed by atoms with Gasteiger partial charge >= 0.3 is 0 Å². The molecule has 0 aliphatic carbocycles. The quantitative estimate of drug-likeness (QED) is 0.571. The first-order valence-electron chi connectivity index (χ1n) is 8.35. The van der Waals surface area contributed by atoms with Crippen LogP contribution in [0.15, 0.2) is 54.6 Å². The Morgan fingerprint density at radius 3 is 1.86 bits per heavy atom. The van der Waals surface area contributed by atoms with Crippen LogP contribution in [0.3, 0.4) is 0 Å². The molecule has 22 heavy (non-hydrogen) atoms. The molecule has 2 aromatic rings. The summed E-state index contributed by atoms with van der Waals surface area (Å²) in [6.07, 6.45) is 4.55. The van der Waals surface area contributed by atoms with E-state index in [1.807, 2.05) is 0 Å². The Morgan fingerprint density at radius 1 is 0.682 bits per heavy atom. The molecule has 0 N–H and O–H groups in total. The van der Waals surface area contributed by atoms with Gasteiger partial charge in [-0.3, -0.25) is 0 Å². The second-order valence-electron chi connectivity index (χ2n) is 6.80. The summed E-state index contributed by atoms with van der Waals surface area (Å²) in [5.41, 5.74) is 5.50. The maximum absolute atomic E-state index is 2.34.